The molecule has 0 N–H and O–H groups in total. The Kier molecular flexibility index (Phi) is 7.28. The normalized spacial score (nSPS) is 11.7. The van der Waals surface area contributed by atoms with Gasteiger partial charge in [-0.2, -0.15) is 0 Å². The first-order valence-corrected chi connectivity index (χ1v) is 7.62. The summed E-state index contributed by atoms with van der Waals surface area (Å²) < 4.78 is 13.5. The van der Waals surface area contributed by atoms with Gasteiger partial charge in [0.15, 0.2) is 0 Å². The fraction of sp³-hybridized carbons (Fsp3) is 0.474. The van der Waals surface area contributed by atoms with Gasteiger partial charge in [0.2, 0.25) is 0 Å². The Morgan fingerprint density at radius 1 is 1.20 bits per heavy atom. The summed E-state index contributed by atoms with van der Waals surface area (Å²) in [6.45, 7) is 10.3. The molecule has 0 saturated heterocycles. The molecule has 0 saturated carbocycles. The van der Waals surface area contributed by atoms with Crippen molar-refractivity contribution in [2.75, 3.05) is 0 Å². The summed E-state index contributed by atoms with van der Waals surface area (Å²) in [6, 6.07) is 5.52. The summed E-state index contributed by atoms with van der Waals surface area (Å²) in [6.07, 6.45) is 8.62. The standard InChI is InChI=1S/C19H27F/c1-5-7-17(6-2)11-8-15(3)9-12-18-13-10-16(4)19(20)14-18/h6,10,13-14H,3,5,7-9,11-12H2,1-2,4H3/b17-6-. The molecule has 0 radical (unpaired) electrons. The minimum atomic E-state index is -0.104. The van der Waals surface area contributed by atoms with E-state index in [1.54, 1.807) is 13.0 Å². The molecule has 0 nitrogen and oxygen atoms in total. The Balaban J connectivity index is 2.38. The first kappa shape index (κ1) is 16.7. The molecular weight excluding hydrogens is 247 g/mol. The van der Waals surface area contributed by atoms with Crippen LogP contribution in [0.4, 0.5) is 4.39 Å². The van der Waals surface area contributed by atoms with E-state index in [0.717, 1.165) is 31.2 Å². The van der Waals surface area contributed by atoms with Gasteiger partial charge in [0.1, 0.15) is 5.82 Å². The Labute approximate surface area is 123 Å². The molecule has 0 aromatic heterocycles. The van der Waals surface area contributed by atoms with Gasteiger partial charge in [-0.25, -0.2) is 4.39 Å². The molecule has 0 bridgehead atoms. The fourth-order valence-corrected chi connectivity index (χ4v) is 2.31. The van der Waals surface area contributed by atoms with Crippen LogP contribution in [0.25, 0.3) is 0 Å². The average molecular weight is 274 g/mol. The van der Waals surface area contributed by atoms with Gasteiger partial charge in [-0.1, -0.05) is 49.3 Å². The highest BCUT2D eigenvalue weighted by atomic mass is 19.1. The number of allylic oxidation sites excluding steroid dienone is 3. The zero-order valence-corrected chi connectivity index (χ0v) is 13.1. The molecule has 110 valence electrons. The second-order valence-electron chi connectivity index (χ2n) is 5.53. The van der Waals surface area contributed by atoms with Crippen molar-refractivity contribution in [2.24, 2.45) is 0 Å². The Bertz CT molecular complexity index is 469. The van der Waals surface area contributed by atoms with Crippen LogP contribution in [-0.4, -0.2) is 0 Å². The van der Waals surface area contributed by atoms with Gasteiger partial charge in [-0.15, -0.1) is 0 Å². The molecule has 1 rings (SSSR count). The van der Waals surface area contributed by atoms with Gasteiger partial charge >= 0.3 is 0 Å². The number of hydrogen-bond acceptors (Lipinski definition) is 0. The minimum Gasteiger partial charge on any atom is -0.207 e. The third-order valence-corrected chi connectivity index (χ3v) is 3.78. The SMILES string of the molecule is C=C(CC/C(=C\C)CCC)CCc1ccc(C)c(F)c1. The average Bonchev–Trinajstić information content (AvgIpc) is 2.44. The first-order valence-electron chi connectivity index (χ1n) is 7.62. The molecule has 0 aliphatic carbocycles. The lowest BCUT2D eigenvalue weighted by Gasteiger charge is -2.09. The molecule has 0 unspecified atom stereocenters. The maximum absolute atomic E-state index is 13.5. The van der Waals surface area contributed by atoms with Crippen LogP contribution >= 0.6 is 0 Å². The van der Waals surface area contributed by atoms with Crippen molar-refractivity contribution in [3.63, 3.8) is 0 Å². The second kappa shape index (κ2) is 8.73. The zero-order valence-electron chi connectivity index (χ0n) is 13.1. The predicted molar refractivity (Wildman–Crippen MR) is 86.5 cm³/mol. The van der Waals surface area contributed by atoms with E-state index in [-0.39, 0.29) is 5.82 Å². The van der Waals surface area contributed by atoms with Crippen molar-refractivity contribution in [3.8, 4) is 0 Å². The summed E-state index contributed by atoms with van der Waals surface area (Å²) in [5, 5.41) is 0. The van der Waals surface area contributed by atoms with Crippen molar-refractivity contribution < 1.29 is 4.39 Å². The highest BCUT2D eigenvalue weighted by Gasteiger charge is 2.02. The lowest BCUT2D eigenvalue weighted by Crippen LogP contribution is -1.93. The van der Waals surface area contributed by atoms with Gasteiger partial charge in [0.25, 0.3) is 0 Å². The quantitative estimate of drug-likeness (QED) is 0.499. The van der Waals surface area contributed by atoms with E-state index in [1.165, 1.54) is 24.0 Å². The summed E-state index contributed by atoms with van der Waals surface area (Å²) in [5.41, 5.74) is 4.57. The molecule has 0 aliphatic rings. The van der Waals surface area contributed by atoms with E-state index in [9.17, 15) is 4.39 Å². The van der Waals surface area contributed by atoms with Crippen LogP contribution in [0, 0.1) is 12.7 Å². The van der Waals surface area contributed by atoms with E-state index in [2.05, 4.69) is 26.5 Å². The molecule has 1 aromatic rings. The van der Waals surface area contributed by atoms with E-state index in [0.29, 0.717) is 5.56 Å². The van der Waals surface area contributed by atoms with E-state index < -0.39 is 0 Å². The van der Waals surface area contributed by atoms with Crippen molar-refractivity contribution in [3.05, 3.63) is 58.9 Å². The van der Waals surface area contributed by atoms with Crippen molar-refractivity contribution in [1.29, 1.82) is 0 Å². The minimum absolute atomic E-state index is 0.104. The molecule has 0 amide bonds. The summed E-state index contributed by atoms with van der Waals surface area (Å²) in [5.74, 6) is -0.104. The number of aryl methyl sites for hydroxylation is 2. The van der Waals surface area contributed by atoms with Crippen molar-refractivity contribution in [2.45, 2.75) is 59.3 Å². The first-order chi connectivity index (χ1) is 9.56. The van der Waals surface area contributed by atoms with Crippen LogP contribution in [0.5, 0.6) is 0 Å². The molecule has 0 fully saturated rings. The lowest BCUT2D eigenvalue weighted by molar-refractivity contribution is 0.615. The van der Waals surface area contributed by atoms with Gasteiger partial charge < -0.3 is 0 Å². The number of benzene rings is 1. The third-order valence-electron chi connectivity index (χ3n) is 3.78. The van der Waals surface area contributed by atoms with Crippen molar-refractivity contribution in [1.82, 2.24) is 0 Å². The van der Waals surface area contributed by atoms with Gasteiger partial charge in [-0.3, -0.25) is 0 Å². The maximum Gasteiger partial charge on any atom is 0.126 e. The molecular formula is C19H27F. The number of hydrogen-bond donors (Lipinski definition) is 0. The molecule has 0 atom stereocenters. The highest BCUT2D eigenvalue weighted by molar-refractivity contribution is 5.24. The van der Waals surface area contributed by atoms with E-state index >= 15 is 0 Å². The number of halogens is 1. The Hall–Kier alpha value is -1.37. The largest absolute Gasteiger partial charge is 0.207 e. The fourth-order valence-electron chi connectivity index (χ4n) is 2.31. The molecule has 1 heteroatoms. The Morgan fingerprint density at radius 3 is 2.55 bits per heavy atom. The Morgan fingerprint density at radius 2 is 1.95 bits per heavy atom. The number of rotatable bonds is 8. The molecule has 0 spiro atoms. The smallest absolute Gasteiger partial charge is 0.126 e. The molecule has 1 aromatic carbocycles. The maximum atomic E-state index is 13.5. The van der Waals surface area contributed by atoms with Crippen LogP contribution < -0.4 is 0 Å². The van der Waals surface area contributed by atoms with Crippen LogP contribution in [0.15, 0.2) is 42.0 Å². The van der Waals surface area contributed by atoms with E-state index in [1.807, 2.05) is 12.1 Å². The van der Waals surface area contributed by atoms with Crippen molar-refractivity contribution >= 4 is 0 Å². The van der Waals surface area contributed by atoms with Gasteiger partial charge in [0.05, 0.1) is 0 Å². The van der Waals surface area contributed by atoms with Crippen LogP contribution in [0.3, 0.4) is 0 Å². The predicted octanol–water partition coefficient (Wildman–Crippen LogP) is 6.15. The third kappa shape index (κ3) is 5.73. The van der Waals surface area contributed by atoms with Crippen LogP contribution in [-0.2, 0) is 6.42 Å². The lowest BCUT2D eigenvalue weighted by atomic mass is 9.97. The summed E-state index contributed by atoms with van der Waals surface area (Å²) >= 11 is 0. The topological polar surface area (TPSA) is 0 Å². The summed E-state index contributed by atoms with van der Waals surface area (Å²) in [7, 11) is 0. The second-order valence-corrected chi connectivity index (χ2v) is 5.53. The van der Waals surface area contributed by atoms with Crippen LogP contribution in [0.2, 0.25) is 0 Å². The van der Waals surface area contributed by atoms with Gasteiger partial charge in [0, 0.05) is 0 Å². The zero-order chi connectivity index (χ0) is 15.0. The van der Waals surface area contributed by atoms with E-state index in [4.69, 9.17) is 0 Å². The van der Waals surface area contributed by atoms with Crippen LogP contribution in [0.1, 0.15) is 57.1 Å². The summed E-state index contributed by atoms with van der Waals surface area (Å²) in [4.78, 5) is 0. The highest BCUT2D eigenvalue weighted by Crippen LogP contribution is 2.19. The van der Waals surface area contributed by atoms with Gasteiger partial charge in [-0.05, 0) is 63.1 Å². The molecule has 0 heterocycles. The molecule has 0 aliphatic heterocycles. The molecule has 20 heavy (non-hydrogen) atoms. The monoisotopic (exact) mass is 274 g/mol.